The maximum Gasteiger partial charge on any atom is 0.131 e. The number of aromatic nitrogens is 2. The molecule has 4 heteroatoms. The zero-order chi connectivity index (χ0) is 17.1. The van der Waals surface area contributed by atoms with Crippen molar-refractivity contribution in [3.8, 4) is 11.1 Å². The molecule has 1 aromatic heterocycles. The molecule has 1 heterocycles. The third kappa shape index (κ3) is 3.74. The quantitative estimate of drug-likeness (QED) is 0.685. The SMILES string of the molecule is Fc1cc(CNCC2CCCCC2)ccc1-c1ccc2nc[nH]c2c1. The third-order valence-corrected chi connectivity index (χ3v) is 5.25. The van der Waals surface area contributed by atoms with Crippen molar-refractivity contribution in [1.82, 2.24) is 15.3 Å². The van der Waals surface area contributed by atoms with Crippen LogP contribution in [0.25, 0.3) is 22.2 Å². The molecule has 0 radical (unpaired) electrons. The fourth-order valence-electron chi connectivity index (χ4n) is 3.82. The number of nitrogens with one attached hydrogen (secondary N) is 2. The van der Waals surface area contributed by atoms with Crippen molar-refractivity contribution >= 4 is 11.0 Å². The van der Waals surface area contributed by atoms with Crippen molar-refractivity contribution in [2.24, 2.45) is 5.92 Å². The van der Waals surface area contributed by atoms with Crippen molar-refractivity contribution in [1.29, 1.82) is 0 Å². The van der Waals surface area contributed by atoms with Crippen LogP contribution in [0.4, 0.5) is 4.39 Å². The summed E-state index contributed by atoms with van der Waals surface area (Å²) < 4.78 is 14.6. The van der Waals surface area contributed by atoms with Gasteiger partial charge in [0.25, 0.3) is 0 Å². The van der Waals surface area contributed by atoms with E-state index >= 15 is 0 Å². The van der Waals surface area contributed by atoms with Crippen LogP contribution in [-0.4, -0.2) is 16.5 Å². The molecule has 0 unspecified atom stereocenters. The van der Waals surface area contributed by atoms with Gasteiger partial charge in [-0.2, -0.15) is 0 Å². The predicted molar refractivity (Wildman–Crippen MR) is 99.8 cm³/mol. The Morgan fingerprint density at radius 2 is 1.96 bits per heavy atom. The van der Waals surface area contributed by atoms with Gasteiger partial charge in [-0.1, -0.05) is 37.5 Å². The maximum absolute atomic E-state index is 14.6. The van der Waals surface area contributed by atoms with Gasteiger partial charge in [0.1, 0.15) is 5.82 Å². The van der Waals surface area contributed by atoms with Crippen LogP contribution in [0.3, 0.4) is 0 Å². The molecule has 2 N–H and O–H groups in total. The number of hydrogen-bond donors (Lipinski definition) is 2. The lowest BCUT2D eigenvalue weighted by Gasteiger charge is -2.21. The molecule has 3 nitrogen and oxygen atoms in total. The van der Waals surface area contributed by atoms with Crippen molar-refractivity contribution < 1.29 is 4.39 Å². The van der Waals surface area contributed by atoms with Crippen LogP contribution < -0.4 is 5.32 Å². The number of aromatic amines is 1. The van der Waals surface area contributed by atoms with Crippen LogP contribution >= 0.6 is 0 Å². The molecule has 0 saturated heterocycles. The summed E-state index contributed by atoms with van der Waals surface area (Å²) in [4.78, 5) is 7.28. The van der Waals surface area contributed by atoms with Crippen molar-refractivity contribution in [3.05, 3.63) is 54.1 Å². The Labute approximate surface area is 147 Å². The molecule has 3 aromatic rings. The second-order valence-corrected chi connectivity index (χ2v) is 7.08. The molecule has 0 aliphatic heterocycles. The summed E-state index contributed by atoms with van der Waals surface area (Å²) in [5.41, 5.74) is 4.32. The van der Waals surface area contributed by atoms with Gasteiger partial charge in [-0.3, -0.25) is 0 Å². The van der Waals surface area contributed by atoms with E-state index in [-0.39, 0.29) is 5.82 Å². The average Bonchev–Trinajstić information content (AvgIpc) is 3.10. The summed E-state index contributed by atoms with van der Waals surface area (Å²) in [5, 5.41) is 3.50. The molecule has 2 aromatic carbocycles. The van der Waals surface area contributed by atoms with Gasteiger partial charge in [-0.25, -0.2) is 9.37 Å². The summed E-state index contributed by atoms with van der Waals surface area (Å²) in [5.74, 6) is 0.620. The zero-order valence-electron chi connectivity index (χ0n) is 14.4. The number of H-pyrrole nitrogens is 1. The van der Waals surface area contributed by atoms with E-state index in [1.165, 1.54) is 32.1 Å². The minimum atomic E-state index is -0.171. The number of fused-ring (bicyclic) bond motifs is 1. The number of halogens is 1. The van der Waals surface area contributed by atoms with Gasteiger partial charge in [0.05, 0.1) is 17.4 Å². The second kappa shape index (κ2) is 7.36. The van der Waals surface area contributed by atoms with E-state index in [2.05, 4.69) is 15.3 Å². The third-order valence-electron chi connectivity index (χ3n) is 5.25. The summed E-state index contributed by atoms with van der Waals surface area (Å²) in [6, 6.07) is 11.3. The zero-order valence-corrected chi connectivity index (χ0v) is 14.4. The van der Waals surface area contributed by atoms with Gasteiger partial charge in [-0.05, 0) is 54.6 Å². The number of benzene rings is 2. The van der Waals surface area contributed by atoms with E-state index in [1.807, 2.05) is 30.3 Å². The van der Waals surface area contributed by atoms with Gasteiger partial charge in [0.2, 0.25) is 0 Å². The van der Waals surface area contributed by atoms with E-state index in [9.17, 15) is 4.39 Å². The van der Waals surface area contributed by atoms with Gasteiger partial charge < -0.3 is 10.3 Å². The van der Waals surface area contributed by atoms with E-state index in [1.54, 1.807) is 12.4 Å². The predicted octanol–water partition coefficient (Wildman–Crippen LogP) is 5.04. The Bertz CT molecular complexity index is 849. The smallest absolute Gasteiger partial charge is 0.131 e. The van der Waals surface area contributed by atoms with Crippen molar-refractivity contribution in [2.75, 3.05) is 6.54 Å². The highest BCUT2D eigenvalue weighted by Crippen LogP contribution is 2.26. The van der Waals surface area contributed by atoms with Gasteiger partial charge in [0, 0.05) is 12.1 Å². The van der Waals surface area contributed by atoms with Gasteiger partial charge in [-0.15, -0.1) is 0 Å². The molecule has 1 aliphatic carbocycles. The Hall–Kier alpha value is -2.20. The first-order valence-corrected chi connectivity index (χ1v) is 9.22. The van der Waals surface area contributed by atoms with Gasteiger partial charge >= 0.3 is 0 Å². The van der Waals surface area contributed by atoms with Gasteiger partial charge in [0.15, 0.2) is 0 Å². The first kappa shape index (κ1) is 16.3. The highest BCUT2D eigenvalue weighted by molar-refractivity contribution is 5.81. The monoisotopic (exact) mass is 337 g/mol. The van der Waals surface area contributed by atoms with Crippen molar-refractivity contribution in [3.63, 3.8) is 0 Å². The fourth-order valence-corrected chi connectivity index (χ4v) is 3.82. The molecule has 1 aliphatic rings. The topological polar surface area (TPSA) is 40.7 Å². The summed E-state index contributed by atoms with van der Waals surface area (Å²) >= 11 is 0. The normalized spacial score (nSPS) is 15.7. The molecule has 4 rings (SSSR count). The fraction of sp³-hybridized carbons (Fsp3) is 0.381. The highest BCUT2D eigenvalue weighted by atomic mass is 19.1. The molecule has 0 bridgehead atoms. The lowest BCUT2D eigenvalue weighted by atomic mass is 9.89. The lowest BCUT2D eigenvalue weighted by Crippen LogP contribution is -2.24. The first-order valence-electron chi connectivity index (χ1n) is 9.22. The molecule has 0 spiro atoms. The van der Waals surface area contributed by atoms with Crippen LogP contribution in [0.15, 0.2) is 42.7 Å². The van der Waals surface area contributed by atoms with Crippen LogP contribution in [-0.2, 0) is 6.54 Å². The van der Waals surface area contributed by atoms with Crippen LogP contribution in [0.5, 0.6) is 0 Å². The molecule has 25 heavy (non-hydrogen) atoms. The standard InChI is InChI=1S/C21H24FN3/c22-19-10-16(13-23-12-15-4-2-1-3-5-15)6-8-18(19)17-7-9-20-21(11-17)25-14-24-20/h6-11,14-15,23H,1-5,12-13H2,(H,24,25). The highest BCUT2D eigenvalue weighted by Gasteiger charge is 2.13. The van der Waals surface area contributed by atoms with E-state index in [0.717, 1.165) is 41.2 Å². The number of imidazole rings is 1. The van der Waals surface area contributed by atoms with E-state index in [4.69, 9.17) is 0 Å². The molecule has 0 atom stereocenters. The second-order valence-electron chi connectivity index (χ2n) is 7.08. The average molecular weight is 337 g/mol. The molecule has 130 valence electrons. The molecular formula is C21H24FN3. The number of nitrogens with zero attached hydrogens (tertiary/aromatic N) is 1. The largest absolute Gasteiger partial charge is 0.345 e. The molecule has 0 amide bonds. The molecular weight excluding hydrogens is 313 g/mol. The minimum Gasteiger partial charge on any atom is -0.345 e. The lowest BCUT2D eigenvalue weighted by molar-refractivity contribution is 0.342. The Balaban J connectivity index is 1.43. The molecule has 1 saturated carbocycles. The summed E-state index contributed by atoms with van der Waals surface area (Å²) in [7, 11) is 0. The van der Waals surface area contributed by atoms with Crippen LogP contribution in [0.2, 0.25) is 0 Å². The minimum absolute atomic E-state index is 0.171. The summed E-state index contributed by atoms with van der Waals surface area (Å²) in [6.45, 7) is 1.77. The maximum atomic E-state index is 14.6. The van der Waals surface area contributed by atoms with Crippen LogP contribution in [0, 0.1) is 11.7 Å². The Morgan fingerprint density at radius 1 is 1.08 bits per heavy atom. The van der Waals surface area contributed by atoms with E-state index < -0.39 is 0 Å². The number of hydrogen-bond acceptors (Lipinski definition) is 2. The molecule has 1 fully saturated rings. The van der Waals surface area contributed by atoms with Crippen molar-refractivity contribution in [2.45, 2.75) is 38.6 Å². The summed E-state index contributed by atoms with van der Waals surface area (Å²) in [6.07, 6.45) is 8.42. The Morgan fingerprint density at radius 3 is 2.80 bits per heavy atom. The van der Waals surface area contributed by atoms with Crippen LogP contribution in [0.1, 0.15) is 37.7 Å². The number of rotatable bonds is 5. The first-order chi connectivity index (χ1) is 12.3. The van der Waals surface area contributed by atoms with E-state index in [0.29, 0.717) is 5.56 Å². The Kier molecular flexibility index (Phi) is 4.79.